The molecular formula is C28H36ClN3O7. The number of primary amides is 1. The van der Waals surface area contributed by atoms with Crippen molar-refractivity contribution in [2.45, 2.75) is 64.8 Å². The van der Waals surface area contributed by atoms with Gasteiger partial charge in [-0.2, -0.15) is 0 Å². The van der Waals surface area contributed by atoms with Crippen molar-refractivity contribution in [3.05, 3.63) is 50.4 Å². The standard InChI is InChI=1S/C28H36ClN3O7/c1-11(27(2,3)4)31-10-13-9-16(33)18-14(20(13)29)7-12-8-15-21(32(5)6)23(35)19(26(30)38)25(37)28(15,39)24(36)17(12)22(18)34/h9,11-12,15,21,31,33,35-36,39H,7-8,10H2,1-6H3,(H2,30,38)/t11-,12-,15-,21-,28-/m0/s1. The maximum atomic E-state index is 13.7. The normalized spacial score (nSPS) is 27.9. The summed E-state index contributed by atoms with van der Waals surface area (Å²) in [7, 11) is 3.17. The van der Waals surface area contributed by atoms with Crippen LogP contribution in [0.25, 0.3) is 0 Å². The first-order chi connectivity index (χ1) is 17.9. The summed E-state index contributed by atoms with van der Waals surface area (Å²) in [5.74, 6) is -6.90. The van der Waals surface area contributed by atoms with Crippen molar-refractivity contribution in [2.75, 3.05) is 14.1 Å². The Bertz CT molecular complexity index is 1340. The zero-order chi connectivity index (χ0) is 29.4. The van der Waals surface area contributed by atoms with E-state index in [2.05, 4.69) is 26.1 Å². The average molecular weight is 562 g/mol. The van der Waals surface area contributed by atoms with E-state index in [1.54, 1.807) is 14.1 Å². The summed E-state index contributed by atoms with van der Waals surface area (Å²) in [6.07, 6.45) is 0.149. The number of nitrogens with zero attached hydrogens (tertiary/aromatic N) is 1. The molecule has 1 aromatic rings. The van der Waals surface area contributed by atoms with E-state index in [1.807, 2.05) is 6.92 Å². The van der Waals surface area contributed by atoms with Gasteiger partial charge in [-0.3, -0.25) is 19.3 Å². The summed E-state index contributed by atoms with van der Waals surface area (Å²) < 4.78 is 0. The first kappa shape index (κ1) is 29.1. The van der Waals surface area contributed by atoms with Crippen LogP contribution in [-0.4, -0.2) is 74.6 Å². The zero-order valence-corrected chi connectivity index (χ0v) is 23.7. The summed E-state index contributed by atoms with van der Waals surface area (Å²) >= 11 is 6.78. The molecular weight excluding hydrogens is 526 g/mol. The molecule has 1 aromatic carbocycles. The number of rotatable bonds is 5. The highest BCUT2D eigenvalue weighted by Crippen LogP contribution is 2.53. The number of Topliss-reactive ketones (excluding diaryl/α,β-unsaturated/α-hetero) is 2. The number of nitrogens with two attached hydrogens (primary N) is 1. The van der Waals surface area contributed by atoms with E-state index in [0.29, 0.717) is 22.7 Å². The minimum Gasteiger partial charge on any atom is -0.510 e. The summed E-state index contributed by atoms with van der Waals surface area (Å²) in [6.45, 7) is 8.67. The topological polar surface area (TPSA) is 173 Å². The Morgan fingerprint density at radius 3 is 2.41 bits per heavy atom. The molecule has 4 rings (SSSR count). The molecule has 0 unspecified atom stereocenters. The summed E-state index contributed by atoms with van der Waals surface area (Å²) in [5.41, 5.74) is 2.52. The van der Waals surface area contributed by atoms with Gasteiger partial charge in [0.2, 0.25) is 5.78 Å². The van der Waals surface area contributed by atoms with Gasteiger partial charge < -0.3 is 31.5 Å². The number of aromatic hydroxyl groups is 1. The van der Waals surface area contributed by atoms with Crippen molar-refractivity contribution in [1.82, 2.24) is 10.2 Å². The first-order valence-corrected chi connectivity index (χ1v) is 13.2. The third kappa shape index (κ3) is 4.34. The van der Waals surface area contributed by atoms with Crippen molar-refractivity contribution < 1.29 is 34.8 Å². The average Bonchev–Trinajstić information content (AvgIpc) is 2.81. The number of carbonyl (C=O) groups excluding carboxylic acids is 3. The van der Waals surface area contributed by atoms with Gasteiger partial charge in [0.25, 0.3) is 5.91 Å². The summed E-state index contributed by atoms with van der Waals surface area (Å²) in [5, 5.41) is 48.4. The van der Waals surface area contributed by atoms with Crippen LogP contribution in [-0.2, 0) is 22.6 Å². The minimum absolute atomic E-state index is 0.00634. The molecule has 7 N–H and O–H groups in total. The van der Waals surface area contributed by atoms with Gasteiger partial charge in [0.05, 0.1) is 11.6 Å². The smallest absolute Gasteiger partial charge is 0.255 e. The number of nitrogens with one attached hydrogen (secondary N) is 1. The Balaban J connectivity index is 1.83. The summed E-state index contributed by atoms with van der Waals surface area (Å²) in [4.78, 5) is 40.6. The van der Waals surface area contributed by atoms with Crippen LogP contribution in [0.4, 0.5) is 0 Å². The predicted molar refractivity (Wildman–Crippen MR) is 144 cm³/mol. The number of phenols is 1. The Hall–Kier alpha value is -2.92. The molecule has 0 spiro atoms. The molecule has 0 heterocycles. The number of ketones is 2. The molecule has 10 nitrogen and oxygen atoms in total. The molecule has 11 heteroatoms. The van der Waals surface area contributed by atoms with Crippen molar-refractivity contribution in [3.63, 3.8) is 0 Å². The van der Waals surface area contributed by atoms with Gasteiger partial charge in [-0.1, -0.05) is 32.4 Å². The SMILES string of the molecule is C[C@H](NCc1cc(O)c2c(c1Cl)C[C@H]1C[C@H]3[C@H](N(C)C)C(O)=C(C(N)=O)C(=O)[C@@]3(O)C(O)=C1C2=O)C(C)(C)C. The quantitative estimate of drug-likeness (QED) is 0.295. The number of aliphatic hydroxyl groups excluding tert-OH is 2. The molecule has 3 aliphatic rings. The molecule has 1 amide bonds. The molecule has 0 fully saturated rings. The highest BCUT2D eigenvalue weighted by molar-refractivity contribution is 6.33. The lowest BCUT2D eigenvalue weighted by atomic mass is 9.58. The molecule has 0 saturated heterocycles. The van der Waals surface area contributed by atoms with E-state index in [-0.39, 0.29) is 41.2 Å². The van der Waals surface area contributed by atoms with E-state index in [0.717, 1.165) is 0 Å². The van der Waals surface area contributed by atoms with Crippen molar-refractivity contribution in [1.29, 1.82) is 0 Å². The van der Waals surface area contributed by atoms with Crippen LogP contribution in [0.15, 0.2) is 28.7 Å². The second-order valence-electron chi connectivity index (χ2n) is 12.2. The Morgan fingerprint density at radius 1 is 1.26 bits per heavy atom. The van der Waals surface area contributed by atoms with Crippen LogP contribution in [0, 0.1) is 17.3 Å². The number of hydrogen-bond donors (Lipinski definition) is 6. The molecule has 212 valence electrons. The molecule has 5 atom stereocenters. The van der Waals surface area contributed by atoms with Crippen LogP contribution in [0.1, 0.15) is 55.6 Å². The van der Waals surface area contributed by atoms with Crippen molar-refractivity contribution >= 4 is 29.1 Å². The van der Waals surface area contributed by atoms with Gasteiger partial charge in [-0.05, 0) is 62.4 Å². The highest BCUT2D eigenvalue weighted by atomic mass is 35.5. The fourth-order valence-electron chi connectivity index (χ4n) is 6.05. The third-order valence-electron chi connectivity index (χ3n) is 8.63. The fraction of sp³-hybridized carbons (Fsp3) is 0.536. The predicted octanol–water partition coefficient (Wildman–Crippen LogP) is 2.30. The number of halogens is 1. The first-order valence-electron chi connectivity index (χ1n) is 12.9. The fourth-order valence-corrected chi connectivity index (χ4v) is 6.34. The van der Waals surface area contributed by atoms with E-state index < -0.39 is 58.0 Å². The van der Waals surface area contributed by atoms with E-state index in [4.69, 9.17) is 17.3 Å². The molecule has 3 aliphatic carbocycles. The number of amides is 1. The van der Waals surface area contributed by atoms with Crippen molar-refractivity contribution in [2.24, 2.45) is 23.0 Å². The molecule has 0 bridgehead atoms. The minimum atomic E-state index is -2.67. The highest BCUT2D eigenvalue weighted by Gasteiger charge is 2.63. The zero-order valence-electron chi connectivity index (χ0n) is 22.9. The number of aliphatic hydroxyl groups is 3. The molecule has 0 aromatic heterocycles. The van der Waals surface area contributed by atoms with Gasteiger partial charge >= 0.3 is 0 Å². The third-order valence-corrected chi connectivity index (χ3v) is 9.10. The number of likely N-dealkylation sites (N-methyl/N-ethyl adjacent to an activating group) is 1. The lowest BCUT2D eigenvalue weighted by molar-refractivity contribution is -0.148. The number of hydrogen-bond acceptors (Lipinski definition) is 9. The lowest BCUT2D eigenvalue weighted by Crippen LogP contribution is -2.63. The van der Waals surface area contributed by atoms with Crippen LogP contribution in [0.2, 0.25) is 5.02 Å². The largest absolute Gasteiger partial charge is 0.510 e. The van der Waals surface area contributed by atoms with Gasteiger partial charge in [0.1, 0.15) is 22.8 Å². The van der Waals surface area contributed by atoms with Crippen LogP contribution in [0.3, 0.4) is 0 Å². The van der Waals surface area contributed by atoms with Gasteiger partial charge in [0.15, 0.2) is 11.4 Å². The van der Waals surface area contributed by atoms with Gasteiger partial charge in [-0.15, -0.1) is 0 Å². The second kappa shape index (κ2) is 9.62. The molecule has 0 aliphatic heterocycles. The maximum Gasteiger partial charge on any atom is 0.255 e. The Labute approximate surface area is 232 Å². The Morgan fingerprint density at radius 2 is 1.87 bits per heavy atom. The number of carbonyl (C=O) groups is 3. The monoisotopic (exact) mass is 561 g/mol. The van der Waals surface area contributed by atoms with Crippen LogP contribution >= 0.6 is 11.6 Å². The molecule has 0 radical (unpaired) electrons. The number of benzene rings is 1. The van der Waals surface area contributed by atoms with Crippen LogP contribution in [0.5, 0.6) is 5.75 Å². The maximum absolute atomic E-state index is 13.7. The second-order valence-corrected chi connectivity index (χ2v) is 12.5. The van der Waals surface area contributed by atoms with Crippen molar-refractivity contribution in [3.8, 4) is 5.75 Å². The number of phenolic OH excluding ortho intramolecular Hbond substituents is 1. The Kier molecular flexibility index (Phi) is 7.17. The summed E-state index contributed by atoms with van der Waals surface area (Å²) in [6, 6.07) is 0.474. The molecule has 0 saturated carbocycles. The van der Waals surface area contributed by atoms with Crippen LogP contribution < -0.4 is 11.1 Å². The van der Waals surface area contributed by atoms with Gasteiger partial charge in [-0.25, -0.2) is 0 Å². The van der Waals surface area contributed by atoms with E-state index >= 15 is 0 Å². The van der Waals surface area contributed by atoms with E-state index in [9.17, 15) is 34.8 Å². The molecule has 39 heavy (non-hydrogen) atoms. The number of fused-ring (bicyclic) bond motifs is 3. The van der Waals surface area contributed by atoms with E-state index in [1.165, 1.54) is 11.0 Å². The van der Waals surface area contributed by atoms with Gasteiger partial charge in [0, 0.05) is 29.1 Å². The lowest BCUT2D eigenvalue weighted by Gasteiger charge is -2.50. The number of allylic oxidation sites excluding steroid dienone is 1.